The second-order valence-corrected chi connectivity index (χ2v) is 5.70. The smallest absolute Gasteiger partial charge is 0.234 e. The molecule has 1 amide bonds. The predicted molar refractivity (Wildman–Crippen MR) is 78.6 cm³/mol. The molecule has 1 aliphatic rings. The van der Waals surface area contributed by atoms with Gasteiger partial charge in [-0.15, -0.1) is 11.8 Å². The molecule has 1 aliphatic heterocycles. The summed E-state index contributed by atoms with van der Waals surface area (Å²) in [7, 11) is 1.64. The van der Waals surface area contributed by atoms with Gasteiger partial charge in [-0.2, -0.15) is 0 Å². The van der Waals surface area contributed by atoms with Crippen LogP contribution in [0.2, 0.25) is 0 Å². The highest BCUT2D eigenvalue weighted by atomic mass is 32.2. The molecular weight excluding hydrogens is 260 g/mol. The fourth-order valence-electron chi connectivity index (χ4n) is 2.34. The van der Waals surface area contributed by atoms with E-state index in [4.69, 9.17) is 4.74 Å². The molecule has 104 valence electrons. The average molecular weight is 280 g/mol. The molecule has 0 bridgehead atoms. The zero-order valence-electron chi connectivity index (χ0n) is 11.4. The van der Waals surface area contributed by atoms with Gasteiger partial charge in [-0.3, -0.25) is 4.79 Å². The van der Waals surface area contributed by atoms with Crippen molar-refractivity contribution in [2.45, 2.75) is 11.3 Å². The summed E-state index contributed by atoms with van der Waals surface area (Å²) in [6, 6.07) is 7.89. The van der Waals surface area contributed by atoms with E-state index in [9.17, 15) is 4.79 Å². The van der Waals surface area contributed by atoms with E-state index in [1.54, 1.807) is 18.9 Å². The summed E-state index contributed by atoms with van der Waals surface area (Å²) in [5.41, 5.74) is 0.401. The summed E-state index contributed by atoms with van der Waals surface area (Å²) in [5, 5.41) is 6.23. The Kier molecular flexibility index (Phi) is 4.85. The second-order valence-electron chi connectivity index (χ2n) is 4.82. The lowest BCUT2D eigenvalue weighted by Crippen LogP contribution is -2.41. The van der Waals surface area contributed by atoms with E-state index >= 15 is 0 Å². The quantitative estimate of drug-likeness (QED) is 0.810. The van der Waals surface area contributed by atoms with Crippen LogP contribution in [0.25, 0.3) is 0 Å². The fraction of sp³-hybridized carbons (Fsp3) is 0.500. The molecule has 1 saturated heterocycles. The van der Waals surface area contributed by atoms with Crippen LogP contribution in [0.4, 0.5) is 5.69 Å². The van der Waals surface area contributed by atoms with Gasteiger partial charge < -0.3 is 15.4 Å². The Balaban J connectivity index is 2.05. The Morgan fingerprint density at radius 2 is 2.21 bits per heavy atom. The number of methoxy groups -OCH3 is 1. The van der Waals surface area contributed by atoms with Crippen LogP contribution in [-0.2, 0) is 9.53 Å². The molecule has 4 nitrogen and oxygen atoms in total. The topological polar surface area (TPSA) is 50.4 Å². The summed E-state index contributed by atoms with van der Waals surface area (Å²) in [4.78, 5) is 13.6. The number of hydrogen-bond donors (Lipinski definition) is 2. The average Bonchev–Trinajstić information content (AvgIpc) is 2.90. The minimum Gasteiger partial charge on any atom is -0.384 e. The molecule has 0 saturated carbocycles. The predicted octanol–water partition coefficient (Wildman–Crippen LogP) is 1.97. The summed E-state index contributed by atoms with van der Waals surface area (Å²) < 4.78 is 5.22. The third-order valence-electron chi connectivity index (χ3n) is 3.49. The van der Waals surface area contributed by atoms with Crippen molar-refractivity contribution in [1.82, 2.24) is 5.32 Å². The fourth-order valence-corrected chi connectivity index (χ4v) is 2.75. The van der Waals surface area contributed by atoms with Gasteiger partial charge in [0.25, 0.3) is 0 Å². The van der Waals surface area contributed by atoms with Crippen molar-refractivity contribution >= 4 is 23.4 Å². The van der Waals surface area contributed by atoms with Gasteiger partial charge >= 0.3 is 0 Å². The molecule has 1 heterocycles. The van der Waals surface area contributed by atoms with E-state index in [1.165, 1.54) is 4.90 Å². The SMILES string of the molecule is COCC1(C(=O)Nc2ccc(SC)cc2)CCNC1. The maximum atomic E-state index is 12.4. The number of anilines is 1. The third-order valence-corrected chi connectivity index (χ3v) is 4.24. The molecule has 2 N–H and O–H groups in total. The summed E-state index contributed by atoms with van der Waals surface area (Å²) in [6.45, 7) is 1.99. The number of rotatable bonds is 5. The minimum atomic E-state index is -0.438. The Bertz CT molecular complexity index is 428. The number of ether oxygens (including phenoxy) is 1. The summed E-state index contributed by atoms with van der Waals surface area (Å²) in [5.74, 6) is 0.0382. The van der Waals surface area contributed by atoms with E-state index in [-0.39, 0.29) is 5.91 Å². The van der Waals surface area contributed by atoms with Gasteiger partial charge in [0.2, 0.25) is 5.91 Å². The maximum absolute atomic E-state index is 12.4. The first-order chi connectivity index (χ1) is 9.20. The van der Waals surface area contributed by atoms with E-state index in [0.29, 0.717) is 13.2 Å². The lowest BCUT2D eigenvalue weighted by atomic mass is 9.87. The van der Waals surface area contributed by atoms with Crippen molar-refractivity contribution in [3.8, 4) is 0 Å². The lowest BCUT2D eigenvalue weighted by Gasteiger charge is -2.25. The third kappa shape index (κ3) is 3.29. The van der Waals surface area contributed by atoms with Crippen molar-refractivity contribution < 1.29 is 9.53 Å². The van der Waals surface area contributed by atoms with Crippen molar-refractivity contribution in [3.05, 3.63) is 24.3 Å². The zero-order chi connectivity index (χ0) is 13.7. The first kappa shape index (κ1) is 14.4. The van der Waals surface area contributed by atoms with Gasteiger partial charge in [0.1, 0.15) is 0 Å². The van der Waals surface area contributed by atoms with E-state index < -0.39 is 5.41 Å². The number of hydrogen-bond acceptors (Lipinski definition) is 4. The van der Waals surface area contributed by atoms with Crippen molar-refractivity contribution in [2.24, 2.45) is 5.41 Å². The van der Waals surface area contributed by atoms with Gasteiger partial charge in [0, 0.05) is 24.2 Å². The maximum Gasteiger partial charge on any atom is 0.234 e. The summed E-state index contributed by atoms with van der Waals surface area (Å²) in [6.07, 6.45) is 2.85. The molecule has 1 aromatic carbocycles. The lowest BCUT2D eigenvalue weighted by molar-refractivity contribution is -0.127. The molecule has 1 atom stereocenters. The first-order valence-corrected chi connectivity index (χ1v) is 7.58. The molecule has 1 aromatic rings. The van der Waals surface area contributed by atoms with Crippen LogP contribution in [0.3, 0.4) is 0 Å². The molecule has 2 rings (SSSR count). The molecule has 5 heteroatoms. The molecule has 0 aliphatic carbocycles. The molecule has 1 fully saturated rings. The largest absolute Gasteiger partial charge is 0.384 e. The monoisotopic (exact) mass is 280 g/mol. The number of thioether (sulfide) groups is 1. The highest BCUT2D eigenvalue weighted by Crippen LogP contribution is 2.28. The number of carbonyl (C=O) groups excluding carboxylic acids is 1. The number of benzene rings is 1. The highest BCUT2D eigenvalue weighted by molar-refractivity contribution is 7.98. The zero-order valence-corrected chi connectivity index (χ0v) is 12.2. The molecular formula is C14H20N2O2S. The van der Waals surface area contributed by atoms with Crippen LogP contribution in [0.15, 0.2) is 29.2 Å². The number of nitrogens with one attached hydrogen (secondary N) is 2. The summed E-state index contributed by atoms with van der Waals surface area (Å²) >= 11 is 1.69. The van der Waals surface area contributed by atoms with Crippen LogP contribution in [0, 0.1) is 5.41 Å². The Morgan fingerprint density at radius 3 is 2.74 bits per heavy atom. The minimum absolute atomic E-state index is 0.0382. The van der Waals surface area contributed by atoms with Gasteiger partial charge in [-0.1, -0.05) is 0 Å². The van der Waals surface area contributed by atoms with Crippen molar-refractivity contribution in [2.75, 3.05) is 38.4 Å². The first-order valence-electron chi connectivity index (χ1n) is 6.35. The Morgan fingerprint density at radius 1 is 1.47 bits per heavy atom. The molecule has 1 unspecified atom stereocenters. The van der Waals surface area contributed by atoms with Crippen LogP contribution in [-0.4, -0.2) is 39.0 Å². The van der Waals surface area contributed by atoms with E-state index in [0.717, 1.165) is 18.7 Å². The molecule has 0 radical (unpaired) electrons. The van der Waals surface area contributed by atoms with Gasteiger partial charge in [0.15, 0.2) is 0 Å². The molecule has 0 spiro atoms. The normalized spacial score (nSPS) is 22.4. The molecule has 19 heavy (non-hydrogen) atoms. The van der Waals surface area contributed by atoms with Crippen LogP contribution >= 0.6 is 11.8 Å². The number of carbonyl (C=O) groups is 1. The van der Waals surface area contributed by atoms with Crippen molar-refractivity contribution in [1.29, 1.82) is 0 Å². The van der Waals surface area contributed by atoms with Crippen molar-refractivity contribution in [3.63, 3.8) is 0 Å². The van der Waals surface area contributed by atoms with Gasteiger partial charge in [-0.25, -0.2) is 0 Å². The van der Waals surface area contributed by atoms with Crippen LogP contribution in [0.5, 0.6) is 0 Å². The van der Waals surface area contributed by atoms with E-state index in [2.05, 4.69) is 10.6 Å². The molecule has 0 aromatic heterocycles. The van der Waals surface area contributed by atoms with Crippen LogP contribution in [0.1, 0.15) is 6.42 Å². The Labute approximate surface area is 118 Å². The number of amides is 1. The van der Waals surface area contributed by atoms with Crippen LogP contribution < -0.4 is 10.6 Å². The highest BCUT2D eigenvalue weighted by Gasteiger charge is 2.41. The van der Waals surface area contributed by atoms with Gasteiger partial charge in [0.05, 0.1) is 12.0 Å². The Hall–Kier alpha value is -1.04. The second kappa shape index (κ2) is 6.41. The van der Waals surface area contributed by atoms with E-state index in [1.807, 2.05) is 30.5 Å². The van der Waals surface area contributed by atoms with Gasteiger partial charge in [-0.05, 0) is 43.5 Å². The standard InChI is InChI=1S/C14H20N2O2S/c1-18-10-14(7-8-15-9-14)13(17)16-11-3-5-12(19-2)6-4-11/h3-6,15H,7-10H2,1-2H3,(H,16,17).